The zero-order chi connectivity index (χ0) is 13.3. The van der Waals surface area contributed by atoms with E-state index in [-0.39, 0.29) is 5.78 Å². The first-order chi connectivity index (χ1) is 8.38. The molecule has 0 saturated carbocycles. The van der Waals surface area contributed by atoms with Gasteiger partial charge in [-0.05, 0) is 17.7 Å². The molecule has 1 aliphatic rings. The van der Waals surface area contributed by atoms with Crippen molar-refractivity contribution in [3.63, 3.8) is 0 Å². The van der Waals surface area contributed by atoms with Crippen LogP contribution < -0.4 is 0 Å². The van der Waals surface area contributed by atoms with Crippen LogP contribution in [0.2, 0.25) is 0 Å². The van der Waals surface area contributed by atoms with Gasteiger partial charge in [0.25, 0.3) is 0 Å². The quantitative estimate of drug-likeness (QED) is 0.769. The lowest BCUT2D eigenvalue weighted by atomic mass is 9.91. The first-order valence-corrected chi connectivity index (χ1v) is 5.47. The van der Waals surface area contributed by atoms with Crippen molar-refractivity contribution in [1.82, 2.24) is 4.90 Å². The predicted molar refractivity (Wildman–Crippen MR) is 61.0 cm³/mol. The standard InChI is InChI=1S/C13H12F3NO/c1-17-6-5-12(18)11(8-17)9-3-2-4-10(7-9)13(14,15)16/h2-7,11H,8H2,1H3. The van der Waals surface area contributed by atoms with Crippen molar-refractivity contribution in [2.75, 3.05) is 13.6 Å². The highest BCUT2D eigenvalue weighted by Crippen LogP contribution is 2.32. The normalized spacial score (nSPS) is 20.3. The smallest absolute Gasteiger partial charge is 0.379 e. The number of rotatable bonds is 1. The van der Waals surface area contributed by atoms with Gasteiger partial charge < -0.3 is 4.90 Å². The van der Waals surface area contributed by atoms with Gasteiger partial charge >= 0.3 is 6.18 Å². The van der Waals surface area contributed by atoms with Crippen molar-refractivity contribution in [3.05, 3.63) is 47.7 Å². The topological polar surface area (TPSA) is 20.3 Å². The second-order valence-electron chi connectivity index (χ2n) is 4.33. The Morgan fingerprint density at radius 1 is 1.33 bits per heavy atom. The predicted octanol–water partition coefficient (Wildman–Crippen LogP) is 2.82. The molecule has 0 saturated heterocycles. The number of carbonyl (C=O) groups is 1. The minimum Gasteiger partial charge on any atom is -0.379 e. The number of allylic oxidation sites excluding steroid dienone is 1. The first-order valence-electron chi connectivity index (χ1n) is 5.47. The summed E-state index contributed by atoms with van der Waals surface area (Å²) >= 11 is 0. The Labute approximate surface area is 103 Å². The summed E-state index contributed by atoms with van der Waals surface area (Å²) in [6.07, 6.45) is -1.35. The number of halogens is 3. The third kappa shape index (κ3) is 2.55. The molecule has 1 heterocycles. The molecule has 0 fully saturated rings. The molecule has 1 atom stereocenters. The van der Waals surface area contributed by atoms with Gasteiger partial charge in [-0.3, -0.25) is 4.79 Å². The van der Waals surface area contributed by atoms with Crippen LogP contribution in [0.3, 0.4) is 0 Å². The first kappa shape index (κ1) is 12.7. The van der Waals surface area contributed by atoms with E-state index in [4.69, 9.17) is 0 Å². The van der Waals surface area contributed by atoms with Gasteiger partial charge in [0.05, 0.1) is 11.5 Å². The third-order valence-electron chi connectivity index (χ3n) is 2.92. The molecule has 1 unspecified atom stereocenters. The summed E-state index contributed by atoms with van der Waals surface area (Å²) in [5.41, 5.74) is -0.309. The second kappa shape index (κ2) is 4.48. The van der Waals surface area contributed by atoms with Crippen molar-refractivity contribution < 1.29 is 18.0 Å². The molecule has 5 heteroatoms. The molecule has 1 aromatic rings. The summed E-state index contributed by atoms with van der Waals surface area (Å²) in [5, 5.41) is 0. The minimum absolute atomic E-state index is 0.160. The molecular weight excluding hydrogens is 243 g/mol. The zero-order valence-electron chi connectivity index (χ0n) is 9.74. The van der Waals surface area contributed by atoms with Crippen LogP contribution in [0, 0.1) is 0 Å². The fourth-order valence-electron chi connectivity index (χ4n) is 1.96. The molecule has 0 spiro atoms. The highest BCUT2D eigenvalue weighted by atomic mass is 19.4. The molecular formula is C13H12F3NO. The molecule has 96 valence electrons. The van der Waals surface area contributed by atoms with Gasteiger partial charge in [-0.1, -0.05) is 18.2 Å². The number of benzene rings is 1. The van der Waals surface area contributed by atoms with Crippen LogP contribution in [0.5, 0.6) is 0 Å². The van der Waals surface area contributed by atoms with Crippen LogP contribution >= 0.6 is 0 Å². The Hall–Kier alpha value is -1.78. The zero-order valence-corrected chi connectivity index (χ0v) is 9.74. The van der Waals surface area contributed by atoms with E-state index in [1.54, 1.807) is 24.2 Å². The highest BCUT2D eigenvalue weighted by Gasteiger charge is 2.32. The van der Waals surface area contributed by atoms with Crippen molar-refractivity contribution in [2.45, 2.75) is 12.1 Å². The van der Waals surface area contributed by atoms with E-state index in [0.717, 1.165) is 12.1 Å². The summed E-state index contributed by atoms with van der Waals surface area (Å²) < 4.78 is 37.8. The maximum atomic E-state index is 12.6. The van der Waals surface area contributed by atoms with Gasteiger partial charge in [-0.2, -0.15) is 13.2 Å². The Morgan fingerprint density at radius 3 is 2.72 bits per heavy atom. The molecule has 18 heavy (non-hydrogen) atoms. The fourth-order valence-corrected chi connectivity index (χ4v) is 1.96. The van der Waals surface area contributed by atoms with Gasteiger partial charge in [0.15, 0.2) is 5.78 Å². The third-order valence-corrected chi connectivity index (χ3v) is 2.92. The lowest BCUT2D eigenvalue weighted by Crippen LogP contribution is -2.29. The molecule has 1 aromatic carbocycles. The average molecular weight is 255 g/mol. The second-order valence-corrected chi connectivity index (χ2v) is 4.33. The molecule has 2 nitrogen and oxygen atoms in total. The number of hydrogen-bond donors (Lipinski definition) is 0. The Morgan fingerprint density at radius 2 is 2.06 bits per heavy atom. The molecule has 0 aliphatic carbocycles. The van der Waals surface area contributed by atoms with Gasteiger partial charge in [0, 0.05) is 19.8 Å². The summed E-state index contributed by atoms with van der Waals surface area (Å²) in [5.74, 6) is -0.685. The lowest BCUT2D eigenvalue weighted by molar-refractivity contribution is -0.137. The van der Waals surface area contributed by atoms with Crippen LogP contribution in [0.25, 0.3) is 0 Å². The van der Waals surface area contributed by atoms with E-state index in [1.165, 1.54) is 12.1 Å². The number of nitrogens with zero attached hydrogens (tertiary/aromatic N) is 1. The van der Waals surface area contributed by atoms with Crippen LogP contribution in [-0.2, 0) is 11.0 Å². The van der Waals surface area contributed by atoms with Crippen molar-refractivity contribution in [3.8, 4) is 0 Å². The molecule has 0 N–H and O–H groups in total. The molecule has 0 bridgehead atoms. The summed E-state index contributed by atoms with van der Waals surface area (Å²) in [6, 6.07) is 4.96. The summed E-state index contributed by atoms with van der Waals surface area (Å²) in [7, 11) is 1.78. The average Bonchev–Trinajstić information content (AvgIpc) is 2.31. The largest absolute Gasteiger partial charge is 0.416 e. The van der Waals surface area contributed by atoms with Gasteiger partial charge in [0.1, 0.15) is 0 Å². The van der Waals surface area contributed by atoms with E-state index in [1.807, 2.05) is 0 Å². The van der Waals surface area contributed by atoms with E-state index < -0.39 is 17.7 Å². The van der Waals surface area contributed by atoms with E-state index >= 15 is 0 Å². The highest BCUT2D eigenvalue weighted by molar-refractivity contribution is 5.96. The van der Waals surface area contributed by atoms with Crippen molar-refractivity contribution in [2.24, 2.45) is 0 Å². The molecule has 1 aliphatic heterocycles. The molecule has 2 rings (SSSR count). The monoisotopic (exact) mass is 255 g/mol. The fraction of sp³-hybridized carbons (Fsp3) is 0.308. The lowest BCUT2D eigenvalue weighted by Gasteiger charge is -2.25. The molecule has 0 amide bonds. The van der Waals surface area contributed by atoms with Crippen molar-refractivity contribution >= 4 is 5.78 Å². The Balaban J connectivity index is 2.34. The van der Waals surface area contributed by atoms with Gasteiger partial charge in [-0.15, -0.1) is 0 Å². The van der Waals surface area contributed by atoms with E-state index in [0.29, 0.717) is 12.1 Å². The van der Waals surface area contributed by atoms with Crippen LogP contribution in [-0.4, -0.2) is 24.3 Å². The summed E-state index contributed by atoms with van der Waals surface area (Å²) in [6.45, 7) is 0.399. The van der Waals surface area contributed by atoms with Crippen molar-refractivity contribution in [1.29, 1.82) is 0 Å². The minimum atomic E-state index is -4.38. The Kier molecular flexibility index (Phi) is 3.15. The van der Waals surface area contributed by atoms with Gasteiger partial charge in [-0.25, -0.2) is 0 Å². The van der Waals surface area contributed by atoms with E-state index in [9.17, 15) is 18.0 Å². The number of carbonyl (C=O) groups excluding carboxylic acids is 1. The van der Waals surface area contributed by atoms with Gasteiger partial charge in [0.2, 0.25) is 0 Å². The maximum absolute atomic E-state index is 12.6. The summed E-state index contributed by atoms with van der Waals surface area (Å²) in [4.78, 5) is 13.5. The van der Waals surface area contributed by atoms with Crippen LogP contribution in [0.1, 0.15) is 17.0 Å². The van der Waals surface area contributed by atoms with Crippen LogP contribution in [0.4, 0.5) is 13.2 Å². The number of ketones is 1. The number of hydrogen-bond acceptors (Lipinski definition) is 2. The molecule has 0 radical (unpaired) electrons. The van der Waals surface area contributed by atoms with Crippen LogP contribution in [0.15, 0.2) is 36.5 Å². The molecule has 0 aromatic heterocycles. The maximum Gasteiger partial charge on any atom is 0.416 e. The number of alkyl halides is 3. The Bertz CT molecular complexity index is 493. The SMILES string of the molecule is CN1C=CC(=O)C(c2cccc(C(F)(F)F)c2)C1. The number of likely N-dealkylation sites (N-methyl/N-ethyl adjacent to an activating group) is 1. The van der Waals surface area contributed by atoms with E-state index in [2.05, 4.69) is 0 Å².